The summed E-state index contributed by atoms with van der Waals surface area (Å²) in [6.45, 7) is 0. The molecule has 0 aliphatic carbocycles. The van der Waals surface area contributed by atoms with E-state index in [1.165, 1.54) is 10.9 Å². The van der Waals surface area contributed by atoms with E-state index in [1.54, 1.807) is 0 Å². The maximum Gasteiger partial charge on any atom is 0.501 e. The minimum Gasteiger partial charge on any atom is -0.545 e. The molecule has 0 saturated heterocycles. The van der Waals surface area contributed by atoms with Gasteiger partial charge in [0, 0.05) is 0 Å². The molecule has 232 valence electrons. The third-order valence-electron chi connectivity index (χ3n) is 3.65. The van der Waals surface area contributed by atoms with Gasteiger partial charge in [-0.05, 0) is 0 Å². The number of aliphatic imine (C=N–C) groups is 2. The zero-order chi connectivity index (χ0) is 33.6. The molecule has 0 radical (unpaired) electrons. The number of quaternary nitrogens is 2. The predicted molar refractivity (Wildman–Crippen MR) is 110 cm³/mol. The molecule has 0 saturated carbocycles. The van der Waals surface area contributed by atoms with Crippen molar-refractivity contribution in [3.63, 3.8) is 0 Å². The highest BCUT2D eigenvalue weighted by molar-refractivity contribution is 5.88. The molecule has 34 nitrogen and oxygen atoms in total. The average molecular weight is 618 g/mol. The van der Waals surface area contributed by atoms with Crippen LogP contribution in [0.2, 0.25) is 0 Å². The van der Waals surface area contributed by atoms with Crippen molar-refractivity contribution >= 4 is 23.9 Å². The first-order valence-corrected chi connectivity index (χ1v) is 9.07. The number of carbonyl (C=O) groups excluding carboxylic acids is 2. The summed E-state index contributed by atoms with van der Waals surface area (Å²) in [4.78, 5) is 83.3. The number of rotatable bonds is 10. The van der Waals surface area contributed by atoms with E-state index in [9.17, 15) is 80.5 Å². The van der Waals surface area contributed by atoms with Crippen LogP contribution < -0.4 is 44.4 Å². The Labute approximate surface area is 223 Å². The second kappa shape index (κ2) is 15.7. The summed E-state index contributed by atoms with van der Waals surface area (Å²) in [7, 11) is 0. The van der Waals surface area contributed by atoms with Gasteiger partial charge in [-0.25, -0.2) is 20.2 Å². The average Bonchev–Trinajstić information content (AvgIpc) is 3.46. The number of aliphatic carboxylic acids is 2. The molecule has 2 aliphatic rings. The number of hydrazine groups is 2. The molecule has 12 N–H and O–H groups in total. The van der Waals surface area contributed by atoms with Gasteiger partial charge in [0.2, 0.25) is 0 Å². The van der Waals surface area contributed by atoms with Gasteiger partial charge in [0.25, 0.3) is 0 Å². The Morgan fingerprint density at radius 2 is 0.857 bits per heavy atom. The molecule has 0 amide bonds. The van der Waals surface area contributed by atoms with Gasteiger partial charge in [-0.1, -0.05) is 10.9 Å². The number of carboxylic acid groups (broad SMARTS) is 2. The Kier molecular flexibility index (Phi) is 14.0. The molecule has 0 spiro atoms. The molecule has 2 rings (SSSR count). The Morgan fingerprint density at radius 1 is 0.619 bits per heavy atom. The maximum absolute atomic E-state index is 10.8. The van der Waals surface area contributed by atoms with Crippen molar-refractivity contribution in [2.75, 3.05) is 0 Å². The summed E-state index contributed by atoms with van der Waals surface area (Å²) >= 11 is 0. The summed E-state index contributed by atoms with van der Waals surface area (Å²) in [5.41, 5.74) is -4.08. The number of carboxylic acids is 2. The number of guanidine groups is 2. The molecule has 42 heavy (non-hydrogen) atoms. The summed E-state index contributed by atoms with van der Waals surface area (Å²) in [5, 5.41) is 92.6. The SMILES string of the molecule is N[NH3+].N[NH3+].O=C([O-])C1(C([N+](=O)[O-])[N+](=O)[O-])N=NC(N[N+](=O)[O-])=N1.O=C([O-])C1(C([N+](=O)[O-])[N+](=O)[O-])N=NC(N[N+](=O)[O-])=N1. The number of nitrogens with two attached hydrogens (primary N) is 2. The van der Waals surface area contributed by atoms with Crippen LogP contribution in [0.1, 0.15) is 0 Å². The van der Waals surface area contributed by atoms with Gasteiger partial charge in [0.15, 0.2) is 10.1 Å². The number of nitro groups is 6. The van der Waals surface area contributed by atoms with Crippen molar-refractivity contribution in [1.82, 2.24) is 10.9 Å². The lowest BCUT2D eigenvalue weighted by Crippen LogP contribution is -2.59. The van der Waals surface area contributed by atoms with Crippen molar-refractivity contribution in [2.24, 2.45) is 42.1 Å². The molecule has 2 heterocycles. The molecule has 0 fully saturated rings. The second-order valence-electron chi connectivity index (χ2n) is 5.92. The normalized spacial score (nSPS) is 19.3. The predicted octanol–water partition coefficient (Wildman–Crippen LogP) is -9.97. The van der Waals surface area contributed by atoms with Crippen molar-refractivity contribution in [3.05, 3.63) is 60.7 Å². The van der Waals surface area contributed by atoms with Gasteiger partial charge >= 0.3 is 35.6 Å². The monoisotopic (exact) mass is 618 g/mol. The molecule has 0 aromatic carbocycles. The summed E-state index contributed by atoms with van der Waals surface area (Å²) in [6, 6.07) is 0. The first-order valence-electron chi connectivity index (χ1n) is 9.07. The van der Waals surface area contributed by atoms with Crippen LogP contribution in [0.15, 0.2) is 30.4 Å². The molecule has 2 atom stereocenters. The third kappa shape index (κ3) is 8.68. The lowest BCUT2D eigenvalue weighted by molar-refractivity contribution is -0.750. The smallest absolute Gasteiger partial charge is 0.501 e. The Bertz CT molecular complexity index is 1120. The number of hydrogen-bond acceptors (Lipinski definition) is 24. The number of nitrogens with zero attached hydrogens (tertiary/aromatic N) is 12. The topological polar surface area (TPSA) is 545 Å². The molecule has 2 aliphatic heterocycles. The van der Waals surface area contributed by atoms with Crippen molar-refractivity contribution in [3.8, 4) is 0 Å². The van der Waals surface area contributed by atoms with E-state index in [4.69, 9.17) is 0 Å². The number of carbonyl (C=O) groups is 2. The van der Waals surface area contributed by atoms with Crippen LogP contribution in [0.3, 0.4) is 0 Å². The van der Waals surface area contributed by atoms with Gasteiger partial charge in [0.05, 0.1) is 0 Å². The van der Waals surface area contributed by atoms with E-state index in [-0.39, 0.29) is 0 Å². The van der Waals surface area contributed by atoms with Crippen LogP contribution in [0.5, 0.6) is 0 Å². The number of azo groups is 2. The minimum absolute atomic E-state index is 1.04. The Morgan fingerprint density at radius 3 is 1.02 bits per heavy atom. The largest absolute Gasteiger partial charge is 0.545 e. The van der Waals surface area contributed by atoms with Gasteiger partial charge in [0.1, 0.15) is 31.6 Å². The van der Waals surface area contributed by atoms with Crippen molar-refractivity contribution < 1.29 is 61.2 Å². The van der Waals surface area contributed by atoms with Gasteiger partial charge in [-0.15, -0.1) is 20.5 Å². The second-order valence-corrected chi connectivity index (χ2v) is 5.92. The minimum atomic E-state index is -3.30. The fourth-order valence-electron chi connectivity index (χ4n) is 2.26. The number of nitrogens with one attached hydrogen (secondary N) is 2. The molecule has 34 heteroatoms. The van der Waals surface area contributed by atoms with Gasteiger partial charge in [-0.3, -0.25) is 52.1 Å². The summed E-state index contributed by atoms with van der Waals surface area (Å²) in [5.74, 6) is 7.13. The van der Waals surface area contributed by atoms with Crippen molar-refractivity contribution in [1.29, 1.82) is 0 Å². The van der Waals surface area contributed by atoms with Crippen LogP contribution in [0.25, 0.3) is 0 Å². The molecule has 0 bridgehead atoms. The van der Waals surface area contributed by atoms with Crippen LogP contribution in [0, 0.1) is 60.7 Å². The zero-order valence-electron chi connectivity index (χ0n) is 19.6. The van der Waals surface area contributed by atoms with Gasteiger partial charge in [-0.2, -0.15) is 21.7 Å². The van der Waals surface area contributed by atoms with Crippen LogP contribution in [-0.2, 0) is 9.59 Å². The molecule has 2 unspecified atom stereocenters. The van der Waals surface area contributed by atoms with E-state index in [1.807, 2.05) is 0 Å². The van der Waals surface area contributed by atoms with Crippen LogP contribution in [0.4, 0.5) is 0 Å². The van der Waals surface area contributed by atoms with E-state index in [0.717, 1.165) is 0 Å². The van der Waals surface area contributed by atoms with E-state index in [2.05, 4.69) is 53.8 Å². The fraction of sp³-hybridized carbons (Fsp3) is 0.500. The van der Waals surface area contributed by atoms with Crippen LogP contribution >= 0.6 is 0 Å². The maximum atomic E-state index is 10.8. The Hall–Kier alpha value is -6.68. The zero-order valence-corrected chi connectivity index (χ0v) is 19.6. The lowest BCUT2D eigenvalue weighted by atomic mass is 10.1. The lowest BCUT2D eigenvalue weighted by Gasteiger charge is -2.19. The molecule has 0 aromatic rings. The number of hydrogen-bond donors (Lipinski definition) is 6. The van der Waals surface area contributed by atoms with Crippen LogP contribution in [-0.4, -0.2) is 77.3 Å². The Balaban J connectivity index is 0. The van der Waals surface area contributed by atoms with Gasteiger partial charge < -0.3 is 19.8 Å². The first-order chi connectivity index (χ1) is 19.4. The highest BCUT2D eigenvalue weighted by atomic mass is 16.7. The van der Waals surface area contributed by atoms with Crippen molar-refractivity contribution in [2.45, 2.75) is 23.7 Å². The molecular weight excluding hydrogens is 604 g/mol. The van der Waals surface area contributed by atoms with E-state index < -0.39 is 77.3 Å². The van der Waals surface area contributed by atoms with E-state index >= 15 is 0 Å². The summed E-state index contributed by atoms with van der Waals surface area (Å²) in [6.07, 6.45) is -6.07. The van der Waals surface area contributed by atoms with E-state index in [0.29, 0.717) is 0 Å². The quantitative estimate of drug-likeness (QED) is 0.0572. The first kappa shape index (κ1) is 37.5. The fourth-order valence-corrected chi connectivity index (χ4v) is 2.26. The standard InChI is InChI=1S/2C4H3N7O8.2H4N2/c2*12-2(13)4(1(9(14)15)10(16)17)5-3(6-8-4)7-11(18)19;2*1-2/h2*1H,(H,5,7)(H,12,13);2*1-2H2. The molecule has 0 aromatic heterocycles. The third-order valence-corrected chi connectivity index (χ3v) is 3.65. The highest BCUT2D eigenvalue weighted by Gasteiger charge is 2.62. The molecular formula is C8H14N18O16. The highest BCUT2D eigenvalue weighted by Crippen LogP contribution is 2.27. The summed E-state index contributed by atoms with van der Waals surface area (Å²) < 4.78 is 0.